The van der Waals surface area contributed by atoms with E-state index < -0.39 is 0 Å². The Balaban J connectivity index is 1.30. The number of fused-ring (bicyclic) bond motifs is 2. The van der Waals surface area contributed by atoms with Gasteiger partial charge in [-0.1, -0.05) is 12.1 Å². The zero-order valence-electron chi connectivity index (χ0n) is 19.4. The second kappa shape index (κ2) is 9.00. The maximum Gasteiger partial charge on any atom is 0.227 e. The number of rotatable bonds is 4. The minimum Gasteiger partial charge on any atom is -0.493 e. The van der Waals surface area contributed by atoms with Crippen LogP contribution in [0.5, 0.6) is 5.75 Å². The Hall–Kier alpha value is -3.16. The van der Waals surface area contributed by atoms with E-state index in [2.05, 4.69) is 11.4 Å². The van der Waals surface area contributed by atoms with Crippen molar-refractivity contribution in [1.29, 1.82) is 0 Å². The molecule has 2 aromatic rings. The maximum absolute atomic E-state index is 13.1. The number of aryl methyl sites for hydroxylation is 1. The molecule has 2 amide bonds. The summed E-state index contributed by atoms with van der Waals surface area (Å²) >= 11 is 0. The highest BCUT2D eigenvalue weighted by molar-refractivity contribution is 5.79. The van der Waals surface area contributed by atoms with Gasteiger partial charge in [-0.25, -0.2) is 9.97 Å². The van der Waals surface area contributed by atoms with Gasteiger partial charge in [0, 0.05) is 51.5 Å². The number of nitrogens with zero attached hydrogens (tertiary/aromatic N) is 4. The highest BCUT2D eigenvalue weighted by Crippen LogP contribution is 2.31. The van der Waals surface area contributed by atoms with Gasteiger partial charge in [-0.2, -0.15) is 0 Å². The van der Waals surface area contributed by atoms with E-state index in [1.807, 2.05) is 29.0 Å². The van der Waals surface area contributed by atoms with E-state index in [1.165, 1.54) is 5.56 Å². The number of nitrogens with one attached hydrogen (secondary N) is 1. The van der Waals surface area contributed by atoms with Gasteiger partial charge in [-0.3, -0.25) is 9.59 Å². The number of hydrogen-bond donors (Lipinski definition) is 1. The predicted molar refractivity (Wildman–Crippen MR) is 124 cm³/mol. The molecule has 8 nitrogen and oxygen atoms in total. The summed E-state index contributed by atoms with van der Waals surface area (Å²) in [5.74, 6) is 2.93. The molecule has 0 saturated carbocycles. The van der Waals surface area contributed by atoms with Gasteiger partial charge in [0.05, 0.1) is 25.3 Å². The van der Waals surface area contributed by atoms with Gasteiger partial charge in [0.25, 0.3) is 0 Å². The van der Waals surface area contributed by atoms with Gasteiger partial charge in [-0.15, -0.1) is 0 Å². The topological polar surface area (TPSA) is 87.7 Å². The highest BCUT2D eigenvalue weighted by atomic mass is 16.5. The zero-order valence-corrected chi connectivity index (χ0v) is 19.4. The van der Waals surface area contributed by atoms with Crippen LogP contribution < -0.4 is 10.1 Å². The third kappa shape index (κ3) is 4.38. The van der Waals surface area contributed by atoms with Crippen LogP contribution in [-0.4, -0.2) is 64.9 Å². The van der Waals surface area contributed by atoms with Crippen molar-refractivity contribution >= 4 is 17.6 Å². The Morgan fingerprint density at radius 3 is 2.85 bits per heavy atom. The number of benzene rings is 1. The normalized spacial score (nSPS) is 19.5. The Morgan fingerprint density at radius 1 is 1.18 bits per heavy atom. The fourth-order valence-electron chi connectivity index (χ4n) is 5.10. The van der Waals surface area contributed by atoms with E-state index >= 15 is 0 Å². The molecule has 0 aliphatic carbocycles. The molecule has 1 atom stereocenters. The summed E-state index contributed by atoms with van der Waals surface area (Å²) in [6.45, 7) is 4.98. The Kier molecular flexibility index (Phi) is 5.91. The summed E-state index contributed by atoms with van der Waals surface area (Å²) in [6, 6.07) is 6.11. The standard InChI is InChI=1S/C25H31N5O3/c1-16(31)29-9-7-19(14-29)24-27-21-8-10-30(15-20(21)25(26-2)28-24)23(32)13-17-5-6-22-18(12-17)4-3-11-33-22/h5-6,12,19H,3-4,7-11,13-15H2,1-2H3,(H,26,27,28)/t19-/m0/s1. The van der Waals surface area contributed by atoms with E-state index in [-0.39, 0.29) is 17.7 Å². The first-order valence-corrected chi connectivity index (χ1v) is 11.9. The van der Waals surface area contributed by atoms with Crippen molar-refractivity contribution in [3.63, 3.8) is 0 Å². The minimum absolute atomic E-state index is 0.102. The molecule has 3 aliphatic rings. The van der Waals surface area contributed by atoms with Crippen LogP contribution in [0.4, 0.5) is 5.82 Å². The Labute approximate surface area is 194 Å². The van der Waals surface area contributed by atoms with Crippen LogP contribution in [0.1, 0.15) is 53.9 Å². The van der Waals surface area contributed by atoms with Gasteiger partial charge in [-0.05, 0) is 36.5 Å². The Morgan fingerprint density at radius 2 is 2.06 bits per heavy atom. The monoisotopic (exact) mass is 449 g/mol. The molecule has 0 bridgehead atoms. The van der Waals surface area contributed by atoms with Crippen LogP contribution in [0.2, 0.25) is 0 Å². The fraction of sp³-hybridized carbons (Fsp3) is 0.520. The highest BCUT2D eigenvalue weighted by Gasteiger charge is 2.31. The zero-order chi connectivity index (χ0) is 22.9. The molecule has 0 radical (unpaired) electrons. The molecule has 1 aromatic carbocycles. The van der Waals surface area contributed by atoms with Crippen LogP contribution in [-0.2, 0) is 35.4 Å². The lowest BCUT2D eigenvalue weighted by molar-refractivity contribution is -0.131. The summed E-state index contributed by atoms with van der Waals surface area (Å²) in [4.78, 5) is 38.3. The van der Waals surface area contributed by atoms with Crippen LogP contribution in [0.15, 0.2) is 18.2 Å². The van der Waals surface area contributed by atoms with E-state index in [9.17, 15) is 9.59 Å². The second-order valence-electron chi connectivity index (χ2n) is 9.19. The molecule has 4 heterocycles. The predicted octanol–water partition coefficient (Wildman–Crippen LogP) is 2.31. The quantitative estimate of drug-likeness (QED) is 0.771. The Bertz CT molecular complexity index is 1070. The van der Waals surface area contributed by atoms with Gasteiger partial charge in [0.2, 0.25) is 11.8 Å². The molecule has 1 aromatic heterocycles. The van der Waals surface area contributed by atoms with E-state index in [0.29, 0.717) is 32.5 Å². The molecular formula is C25H31N5O3. The smallest absolute Gasteiger partial charge is 0.227 e. The molecule has 5 rings (SSSR count). The van der Waals surface area contributed by atoms with Crippen LogP contribution in [0.25, 0.3) is 0 Å². The molecule has 0 unspecified atom stereocenters. The third-order valence-electron chi connectivity index (χ3n) is 6.99. The molecule has 33 heavy (non-hydrogen) atoms. The number of amides is 2. The molecular weight excluding hydrogens is 418 g/mol. The summed E-state index contributed by atoms with van der Waals surface area (Å²) in [5, 5.41) is 3.21. The molecule has 1 saturated heterocycles. The molecule has 1 fully saturated rings. The summed E-state index contributed by atoms with van der Waals surface area (Å²) in [6.07, 6.45) is 4.02. The number of likely N-dealkylation sites (tertiary alicyclic amines) is 1. The molecule has 174 valence electrons. The van der Waals surface area contributed by atoms with Gasteiger partial charge in [0.1, 0.15) is 17.4 Å². The van der Waals surface area contributed by atoms with Crippen LogP contribution >= 0.6 is 0 Å². The number of carbonyl (C=O) groups excluding carboxylic acids is 2. The van der Waals surface area contributed by atoms with Crippen molar-refractivity contribution in [3.05, 3.63) is 46.4 Å². The first kappa shape index (κ1) is 21.7. The molecule has 3 aliphatic heterocycles. The first-order valence-electron chi connectivity index (χ1n) is 11.9. The largest absolute Gasteiger partial charge is 0.493 e. The lowest BCUT2D eigenvalue weighted by Crippen LogP contribution is -2.38. The first-order chi connectivity index (χ1) is 16.0. The fourth-order valence-corrected chi connectivity index (χ4v) is 5.10. The summed E-state index contributed by atoms with van der Waals surface area (Å²) in [7, 11) is 1.86. The second-order valence-corrected chi connectivity index (χ2v) is 9.19. The SMILES string of the molecule is CNc1nc([C@H]2CCN(C(C)=O)C2)nc2c1CN(C(=O)Cc1ccc3c(c1)CCCO3)CC2. The van der Waals surface area contributed by atoms with Crippen LogP contribution in [0, 0.1) is 0 Å². The minimum atomic E-state index is 0.102. The molecule has 0 spiro atoms. The average Bonchev–Trinajstić information content (AvgIpc) is 3.34. The number of carbonyl (C=O) groups is 2. The molecule has 1 N–H and O–H groups in total. The number of aromatic nitrogens is 2. The van der Waals surface area contributed by atoms with Crippen molar-refractivity contribution < 1.29 is 14.3 Å². The van der Waals surface area contributed by atoms with Crippen LogP contribution in [0.3, 0.4) is 0 Å². The van der Waals surface area contributed by atoms with E-state index in [1.54, 1.807) is 6.92 Å². The van der Waals surface area contributed by atoms with Crippen molar-refractivity contribution in [2.45, 2.75) is 51.5 Å². The van der Waals surface area contributed by atoms with Crippen molar-refractivity contribution in [1.82, 2.24) is 19.8 Å². The van der Waals surface area contributed by atoms with Crippen molar-refractivity contribution in [3.8, 4) is 5.75 Å². The van der Waals surface area contributed by atoms with Gasteiger partial charge in [0.15, 0.2) is 0 Å². The molecule has 8 heteroatoms. The van der Waals surface area contributed by atoms with E-state index in [0.717, 1.165) is 66.6 Å². The van der Waals surface area contributed by atoms with E-state index in [4.69, 9.17) is 14.7 Å². The lowest BCUT2D eigenvalue weighted by atomic mass is 10.00. The lowest BCUT2D eigenvalue weighted by Gasteiger charge is -2.30. The summed E-state index contributed by atoms with van der Waals surface area (Å²) < 4.78 is 5.69. The summed E-state index contributed by atoms with van der Waals surface area (Å²) in [5.41, 5.74) is 4.25. The number of anilines is 1. The third-order valence-corrected chi connectivity index (χ3v) is 6.99. The number of hydrogen-bond acceptors (Lipinski definition) is 6. The van der Waals surface area contributed by atoms with Crippen molar-refractivity contribution in [2.24, 2.45) is 0 Å². The average molecular weight is 450 g/mol. The van der Waals surface area contributed by atoms with Gasteiger partial charge >= 0.3 is 0 Å². The maximum atomic E-state index is 13.1. The number of ether oxygens (including phenoxy) is 1. The van der Waals surface area contributed by atoms with Crippen molar-refractivity contribution in [2.75, 3.05) is 38.6 Å². The van der Waals surface area contributed by atoms with Gasteiger partial charge < -0.3 is 19.9 Å².